The molecule has 0 spiro atoms. The lowest BCUT2D eigenvalue weighted by molar-refractivity contribution is 0.104. The van der Waals surface area contributed by atoms with Crippen LogP contribution in [0.25, 0.3) is 6.08 Å². The number of ether oxygens (including phenoxy) is 1. The van der Waals surface area contributed by atoms with Gasteiger partial charge in [0.2, 0.25) is 0 Å². The largest absolute Gasteiger partial charge is 0.507 e. The third-order valence-corrected chi connectivity index (χ3v) is 3.97. The third-order valence-electron chi connectivity index (χ3n) is 3.97. The number of carbonyl (C=O) groups excluding carboxylic acids is 1. The number of aryl methyl sites for hydroxylation is 1. The molecule has 0 unspecified atom stereocenters. The summed E-state index contributed by atoms with van der Waals surface area (Å²) in [6.07, 6.45) is 3.19. The van der Waals surface area contributed by atoms with E-state index >= 15 is 0 Å². The molecule has 1 N–H and O–H groups in total. The molecule has 0 bridgehead atoms. The predicted octanol–water partition coefficient (Wildman–Crippen LogP) is 5.18. The average molecular weight is 344 g/mol. The molecule has 130 valence electrons. The van der Waals surface area contributed by atoms with Gasteiger partial charge in [-0.25, -0.2) is 0 Å². The number of phenols is 1. The van der Waals surface area contributed by atoms with E-state index in [1.807, 2.05) is 61.5 Å². The maximum absolute atomic E-state index is 12.2. The molecule has 0 radical (unpaired) electrons. The second-order valence-electron chi connectivity index (χ2n) is 6.06. The van der Waals surface area contributed by atoms with Crippen LogP contribution in [0.3, 0.4) is 0 Å². The zero-order valence-corrected chi connectivity index (χ0v) is 14.6. The second kappa shape index (κ2) is 8.17. The van der Waals surface area contributed by atoms with Gasteiger partial charge in [-0.05, 0) is 54.0 Å². The quantitative estimate of drug-likeness (QED) is 0.495. The van der Waals surface area contributed by atoms with Crippen molar-refractivity contribution in [3.8, 4) is 11.5 Å². The lowest BCUT2D eigenvalue weighted by atomic mass is 10.1. The van der Waals surface area contributed by atoms with Gasteiger partial charge in [0, 0.05) is 0 Å². The first-order valence-electron chi connectivity index (χ1n) is 8.40. The first-order valence-corrected chi connectivity index (χ1v) is 8.40. The fraction of sp³-hybridized carbons (Fsp3) is 0.0870. The van der Waals surface area contributed by atoms with Crippen molar-refractivity contribution in [2.45, 2.75) is 13.5 Å². The van der Waals surface area contributed by atoms with Crippen molar-refractivity contribution >= 4 is 11.9 Å². The van der Waals surface area contributed by atoms with Gasteiger partial charge in [-0.15, -0.1) is 0 Å². The first kappa shape index (κ1) is 17.5. The lowest BCUT2D eigenvalue weighted by Crippen LogP contribution is -1.95. The number of hydrogen-bond donors (Lipinski definition) is 1. The van der Waals surface area contributed by atoms with Crippen molar-refractivity contribution in [1.82, 2.24) is 0 Å². The number of aromatic hydroxyl groups is 1. The lowest BCUT2D eigenvalue weighted by Gasteiger charge is -2.06. The Labute approximate surface area is 153 Å². The van der Waals surface area contributed by atoms with Crippen LogP contribution in [-0.4, -0.2) is 10.9 Å². The molecular formula is C23H20O3. The zero-order valence-electron chi connectivity index (χ0n) is 14.6. The van der Waals surface area contributed by atoms with E-state index in [-0.39, 0.29) is 11.5 Å². The van der Waals surface area contributed by atoms with E-state index in [4.69, 9.17) is 4.74 Å². The molecule has 26 heavy (non-hydrogen) atoms. The summed E-state index contributed by atoms with van der Waals surface area (Å²) < 4.78 is 5.74. The van der Waals surface area contributed by atoms with Crippen molar-refractivity contribution in [2.75, 3.05) is 0 Å². The molecule has 0 atom stereocenters. The van der Waals surface area contributed by atoms with Gasteiger partial charge in [0.05, 0.1) is 5.56 Å². The summed E-state index contributed by atoms with van der Waals surface area (Å²) in [5, 5.41) is 9.88. The van der Waals surface area contributed by atoms with Crippen LogP contribution in [0.4, 0.5) is 0 Å². The molecular weight excluding hydrogens is 324 g/mol. The standard InChI is InChI=1S/C23H20O3/c1-17-7-13-21(23(25)15-17)22(24)14-10-18-8-11-20(12-9-18)26-16-19-5-3-2-4-6-19/h2-15,25H,16H2,1H3/b14-10+. The van der Waals surface area contributed by atoms with E-state index in [1.165, 1.54) is 6.08 Å². The average Bonchev–Trinajstić information content (AvgIpc) is 2.66. The van der Waals surface area contributed by atoms with Gasteiger partial charge >= 0.3 is 0 Å². The van der Waals surface area contributed by atoms with Crippen LogP contribution < -0.4 is 4.74 Å². The maximum atomic E-state index is 12.2. The summed E-state index contributed by atoms with van der Waals surface area (Å²) >= 11 is 0. The van der Waals surface area contributed by atoms with Crippen molar-refractivity contribution < 1.29 is 14.6 Å². The number of hydrogen-bond acceptors (Lipinski definition) is 3. The van der Waals surface area contributed by atoms with Crippen LogP contribution in [0.1, 0.15) is 27.0 Å². The molecule has 3 rings (SSSR count). The zero-order chi connectivity index (χ0) is 18.4. The van der Waals surface area contributed by atoms with Crippen LogP contribution >= 0.6 is 0 Å². The van der Waals surface area contributed by atoms with Crippen LogP contribution in [0, 0.1) is 6.92 Å². The SMILES string of the molecule is Cc1ccc(C(=O)/C=C/c2ccc(OCc3ccccc3)cc2)c(O)c1. The number of rotatable bonds is 6. The molecule has 0 amide bonds. The molecule has 0 aliphatic carbocycles. The third kappa shape index (κ3) is 4.61. The fourth-order valence-electron chi connectivity index (χ4n) is 2.53. The molecule has 0 aromatic heterocycles. The van der Waals surface area contributed by atoms with Crippen LogP contribution in [0.15, 0.2) is 78.9 Å². The molecule has 0 saturated heterocycles. The predicted molar refractivity (Wildman–Crippen MR) is 103 cm³/mol. The molecule has 0 aliphatic heterocycles. The molecule has 0 aliphatic rings. The number of phenolic OH excluding ortho intramolecular Hbond substituents is 1. The highest BCUT2D eigenvalue weighted by Gasteiger charge is 2.07. The smallest absolute Gasteiger partial charge is 0.189 e. The summed E-state index contributed by atoms with van der Waals surface area (Å²) in [5.41, 5.74) is 3.21. The van der Waals surface area contributed by atoms with Gasteiger partial charge in [0.15, 0.2) is 5.78 Å². The Balaban J connectivity index is 1.61. The van der Waals surface area contributed by atoms with Gasteiger partial charge in [-0.2, -0.15) is 0 Å². The minimum absolute atomic E-state index is 0.00399. The Morgan fingerprint density at radius 3 is 2.42 bits per heavy atom. The van der Waals surface area contributed by atoms with E-state index in [0.717, 1.165) is 22.4 Å². The van der Waals surface area contributed by atoms with Gasteiger partial charge in [-0.3, -0.25) is 4.79 Å². The Morgan fingerprint density at radius 1 is 1.00 bits per heavy atom. The van der Waals surface area contributed by atoms with Crippen molar-refractivity contribution in [3.05, 3.63) is 101 Å². The molecule has 3 aromatic rings. The van der Waals surface area contributed by atoms with E-state index in [9.17, 15) is 9.90 Å². The number of ketones is 1. The van der Waals surface area contributed by atoms with E-state index in [2.05, 4.69) is 0 Å². The Hall–Kier alpha value is -3.33. The minimum atomic E-state index is -0.230. The molecule has 3 aromatic carbocycles. The monoisotopic (exact) mass is 344 g/mol. The minimum Gasteiger partial charge on any atom is -0.507 e. The summed E-state index contributed by atoms with van der Waals surface area (Å²) in [5.74, 6) is 0.546. The Morgan fingerprint density at radius 2 is 1.73 bits per heavy atom. The van der Waals surface area contributed by atoms with E-state index in [0.29, 0.717) is 12.2 Å². The van der Waals surface area contributed by atoms with Crippen LogP contribution in [0.5, 0.6) is 11.5 Å². The van der Waals surface area contributed by atoms with Crippen LogP contribution in [-0.2, 0) is 6.61 Å². The number of carbonyl (C=O) groups is 1. The maximum Gasteiger partial charge on any atom is 0.189 e. The fourth-order valence-corrected chi connectivity index (χ4v) is 2.53. The number of benzene rings is 3. The Kier molecular flexibility index (Phi) is 5.49. The van der Waals surface area contributed by atoms with Crippen molar-refractivity contribution in [2.24, 2.45) is 0 Å². The highest BCUT2D eigenvalue weighted by Crippen LogP contribution is 2.20. The van der Waals surface area contributed by atoms with Crippen molar-refractivity contribution in [3.63, 3.8) is 0 Å². The molecule has 3 nitrogen and oxygen atoms in total. The second-order valence-corrected chi connectivity index (χ2v) is 6.06. The Bertz CT molecular complexity index is 910. The normalized spacial score (nSPS) is 10.8. The van der Waals surface area contributed by atoms with Crippen molar-refractivity contribution in [1.29, 1.82) is 0 Å². The molecule has 0 saturated carbocycles. The summed E-state index contributed by atoms with van der Waals surface area (Å²) in [7, 11) is 0. The highest BCUT2D eigenvalue weighted by molar-refractivity contribution is 6.08. The van der Waals surface area contributed by atoms with E-state index < -0.39 is 0 Å². The molecule has 3 heteroatoms. The van der Waals surface area contributed by atoms with E-state index in [1.54, 1.807) is 24.3 Å². The molecule has 0 heterocycles. The first-order chi connectivity index (χ1) is 12.6. The summed E-state index contributed by atoms with van der Waals surface area (Å²) in [4.78, 5) is 12.2. The van der Waals surface area contributed by atoms with Gasteiger partial charge in [0.25, 0.3) is 0 Å². The topological polar surface area (TPSA) is 46.5 Å². The number of allylic oxidation sites excluding steroid dienone is 1. The van der Waals surface area contributed by atoms with Crippen LogP contribution in [0.2, 0.25) is 0 Å². The van der Waals surface area contributed by atoms with Gasteiger partial charge in [-0.1, -0.05) is 54.6 Å². The van der Waals surface area contributed by atoms with Gasteiger partial charge < -0.3 is 9.84 Å². The summed E-state index contributed by atoms with van der Waals surface area (Å²) in [6, 6.07) is 22.5. The van der Waals surface area contributed by atoms with Gasteiger partial charge in [0.1, 0.15) is 18.1 Å². The summed E-state index contributed by atoms with van der Waals surface area (Å²) in [6.45, 7) is 2.38. The highest BCUT2D eigenvalue weighted by atomic mass is 16.5. The molecule has 0 fully saturated rings.